The number of fused-ring (bicyclic) bond motifs is 1. The molecule has 0 radical (unpaired) electrons. The van der Waals surface area contributed by atoms with Gasteiger partial charge >= 0.3 is 0 Å². The van der Waals surface area contributed by atoms with Gasteiger partial charge in [0.15, 0.2) is 0 Å². The van der Waals surface area contributed by atoms with Crippen LogP contribution in [0.1, 0.15) is 30.0 Å². The van der Waals surface area contributed by atoms with Crippen molar-refractivity contribution in [3.05, 3.63) is 77.9 Å². The number of anilines is 1. The van der Waals surface area contributed by atoms with Gasteiger partial charge in [-0.25, -0.2) is 0 Å². The highest BCUT2D eigenvalue weighted by Crippen LogP contribution is 2.37. The van der Waals surface area contributed by atoms with Gasteiger partial charge in [0.1, 0.15) is 0 Å². The van der Waals surface area contributed by atoms with Crippen LogP contribution in [0.2, 0.25) is 0 Å². The second kappa shape index (κ2) is 5.78. The third-order valence-corrected chi connectivity index (χ3v) is 4.74. The number of nitrogens with zero attached hydrogens (tertiary/aromatic N) is 2. The highest BCUT2D eigenvalue weighted by molar-refractivity contribution is 5.86. The first-order valence-corrected chi connectivity index (χ1v) is 8.11. The Morgan fingerprint density at radius 3 is 2.48 bits per heavy atom. The van der Waals surface area contributed by atoms with E-state index in [0.717, 1.165) is 12.1 Å². The molecule has 0 amide bonds. The van der Waals surface area contributed by atoms with Crippen molar-refractivity contribution in [3.63, 3.8) is 0 Å². The lowest BCUT2D eigenvalue weighted by atomic mass is 10.0. The molecule has 1 aliphatic heterocycles. The average molecular weight is 298 g/mol. The lowest BCUT2D eigenvalue weighted by Crippen LogP contribution is -2.22. The summed E-state index contributed by atoms with van der Waals surface area (Å²) in [5.41, 5.74) is 3.31. The third-order valence-electron chi connectivity index (χ3n) is 4.74. The minimum atomic E-state index is 0.406. The first-order valence-electron chi connectivity index (χ1n) is 8.11. The molecule has 1 unspecified atom stereocenters. The van der Waals surface area contributed by atoms with Crippen molar-refractivity contribution in [2.45, 2.75) is 18.9 Å². The van der Waals surface area contributed by atoms with E-state index in [9.17, 15) is 0 Å². The van der Waals surface area contributed by atoms with Crippen molar-refractivity contribution < 1.29 is 0 Å². The zero-order chi connectivity index (χ0) is 15.6. The SMILES string of the molecule is N#Cc1ccc(C2CCCN2c2ccc3ccccc3c2)cc1. The lowest BCUT2D eigenvalue weighted by Gasteiger charge is -2.27. The van der Waals surface area contributed by atoms with E-state index < -0.39 is 0 Å². The largest absolute Gasteiger partial charge is 0.364 e. The Kier molecular flexibility index (Phi) is 3.48. The molecule has 4 rings (SSSR count). The Balaban J connectivity index is 1.69. The van der Waals surface area contributed by atoms with Crippen molar-refractivity contribution in [2.24, 2.45) is 0 Å². The molecule has 3 aromatic carbocycles. The Morgan fingerprint density at radius 1 is 0.913 bits per heavy atom. The zero-order valence-corrected chi connectivity index (χ0v) is 12.9. The fourth-order valence-corrected chi connectivity index (χ4v) is 3.56. The summed E-state index contributed by atoms with van der Waals surface area (Å²) in [6, 6.07) is 25.9. The van der Waals surface area contributed by atoms with E-state index in [-0.39, 0.29) is 0 Å². The van der Waals surface area contributed by atoms with E-state index in [4.69, 9.17) is 5.26 Å². The van der Waals surface area contributed by atoms with Crippen LogP contribution in [0.15, 0.2) is 66.7 Å². The van der Waals surface area contributed by atoms with Crippen LogP contribution in [0.25, 0.3) is 10.8 Å². The smallest absolute Gasteiger partial charge is 0.0991 e. The summed E-state index contributed by atoms with van der Waals surface area (Å²) < 4.78 is 0. The van der Waals surface area contributed by atoms with Gasteiger partial charge in [0.25, 0.3) is 0 Å². The third kappa shape index (κ3) is 2.55. The van der Waals surface area contributed by atoms with Crippen LogP contribution in [0.3, 0.4) is 0 Å². The van der Waals surface area contributed by atoms with E-state index in [0.29, 0.717) is 6.04 Å². The number of rotatable bonds is 2. The quantitative estimate of drug-likeness (QED) is 0.661. The summed E-state index contributed by atoms with van der Waals surface area (Å²) in [6.45, 7) is 1.09. The standard InChI is InChI=1S/C21H18N2/c22-15-16-7-9-18(10-8-16)21-6-3-13-23(21)20-12-11-17-4-1-2-5-19(17)14-20/h1-2,4-5,7-12,14,21H,3,6,13H2. The van der Waals surface area contributed by atoms with Gasteiger partial charge in [-0.05, 0) is 53.4 Å². The Labute approximate surface area is 136 Å². The minimum Gasteiger partial charge on any atom is -0.364 e. The van der Waals surface area contributed by atoms with Crippen LogP contribution in [0.4, 0.5) is 5.69 Å². The predicted molar refractivity (Wildman–Crippen MR) is 94.4 cm³/mol. The molecule has 23 heavy (non-hydrogen) atoms. The van der Waals surface area contributed by atoms with E-state index in [1.54, 1.807) is 0 Å². The summed E-state index contributed by atoms with van der Waals surface area (Å²) in [5.74, 6) is 0. The fraction of sp³-hybridized carbons (Fsp3) is 0.190. The van der Waals surface area contributed by atoms with Crippen LogP contribution in [-0.2, 0) is 0 Å². The number of benzene rings is 3. The molecule has 0 aliphatic carbocycles. The average Bonchev–Trinajstić information content (AvgIpc) is 3.11. The Hall–Kier alpha value is -2.79. The second-order valence-corrected chi connectivity index (χ2v) is 6.12. The van der Waals surface area contributed by atoms with E-state index in [1.807, 2.05) is 12.1 Å². The molecule has 1 fully saturated rings. The molecule has 112 valence electrons. The van der Waals surface area contributed by atoms with Gasteiger partial charge in [-0.15, -0.1) is 0 Å². The molecule has 0 aromatic heterocycles. The Bertz CT molecular complexity index is 874. The maximum absolute atomic E-state index is 8.96. The van der Waals surface area contributed by atoms with Crippen LogP contribution in [0, 0.1) is 11.3 Å². The molecule has 1 aliphatic rings. The van der Waals surface area contributed by atoms with Crippen molar-refractivity contribution in [1.82, 2.24) is 0 Å². The summed E-state index contributed by atoms with van der Waals surface area (Å²) in [6.07, 6.45) is 2.37. The van der Waals surface area contributed by atoms with Crippen molar-refractivity contribution in [3.8, 4) is 6.07 Å². The molecule has 1 heterocycles. The van der Waals surface area contributed by atoms with Crippen molar-refractivity contribution in [1.29, 1.82) is 5.26 Å². The fourth-order valence-electron chi connectivity index (χ4n) is 3.56. The predicted octanol–water partition coefficient (Wildman–Crippen LogP) is 5.05. The van der Waals surface area contributed by atoms with Gasteiger partial charge in [0.2, 0.25) is 0 Å². The van der Waals surface area contributed by atoms with Gasteiger partial charge in [-0.1, -0.05) is 42.5 Å². The minimum absolute atomic E-state index is 0.406. The number of hydrogen-bond donors (Lipinski definition) is 0. The molecule has 3 aromatic rings. The summed E-state index contributed by atoms with van der Waals surface area (Å²) in [7, 11) is 0. The van der Waals surface area contributed by atoms with Gasteiger partial charge in [0, 0.05) is 12.2 Å². The van der Waals surface area contributed by atoms with Gasteiger partial charge in [0.05, 0.1) is 17.7 Å². The molecule has 0 spiro atoms. The molecular weight excluding hydrogens is 280 g/mol. The molecule has 1 saturated heterocycles. The van der Waals surface area contributed by atoms with E-state index >= 15 is 0 Å². The van der Waals surface area contributed by atoms with Gasteiger partial charge in [-0.2, -0.15) is 5.26 Å². The zero-order valence-electron chi connectivity index (χ0n) is 12.9. The van der Waals surface area contributed by atoms with Crippen molar-refractivity contribution in [2.75, 3.05) is 11.4 Å². The summed E-state index contributed by atoms with van der Waals surface area (Å²) >= 11 is 0. The first-order chi connectivity index (χ1) is 11.3. The van der Waals surface area contributed by atoms with E-state index in [2.05, 4.69) is 65.6 Å². The van der Waals surface area contributed by atoms with Crippen LogP contribution < -0.4 is 4.90 Å². The maximum atomic E-state index is 8.96. The maximum Gasteiger partial charge on any atom is 0.0991 e. The highest BCUT2D eigenvalue weighted by Gasteiger charge is 2.26. The molecule has 2 nitrogen and oxygen atoms in total. The molecule has 0 saturated carbocycles. The van der Waals surface area contributed by atoms with Crippen molar-refractivity contribution >= 4 is 16.5 Å². The monoisotopic (exact) mass is 298 g/mol. The van der Waals surface area contributed by atoms with Crippen LogP contribution >= 0.6 is 0 Å². The van der Waals surface area contributed by atoms with Gasteiger partial charge < -0.3 is 4.90 Å². The van der Waals surface area contributed by atoms with Crippen LogP contribution in [-0.4, -0.2) is 6.54 Å². The molecule has 2 heteroatoms. The normalized spacial score (nSPS) is 17.3. The molecule has 0 bridgehead atoms. The number of hydrogen-bond acceptors (Lipinski definition) is 2. The second-order valence-electron chi connectivity index (χ2n) is 6.12. The summed E-state index contributed by atoms with van der Waals surface area (Å²) in [4.78, 5) is 2.49. The Morgan fingerprint density at radius 2 is 1.70 bits per heavy atom. The summed E-state index contributed by atoms with van der Waals surface area (Å²) in [5, 5.41) is 11.5. The topological polar surface area (TPSA) is 27.0 Å². The highest BCUT2D eigenvalue weighted by atomic mass is 15.2. The first kappa shape index (κ1) is 13.8. The molecular formula is C21H18N2. The van der Waals surface area contributed by atoms with Crippen LogP contribution in [0.5, 0.6) is 0 Å². The molecule has 0 N–H and O–H groups in total. The van der Waals surface area contributed by atoms with E-state index in [1.165, 1.54) is 34.9 Å². The number of nitriles is 1. The van der Waals surface area contributed by atoms with Gasteiger partial charge in [-0.3, -0.25) is 0 Å². The molecule has 1 atom stereocenters. The lowest BCUT2D eigenvalue weighted by molar-refractivity contribution is 0.719.